The third-order valence-corrected chi connectivity index (χ3v) is 5.80. The molecule has 0 unspecified atom stereocenters. The Morgan fingerprint density at radius 1 is 1.20 bits per heavy atom. The third kappa shape index (κ3) is 3.94. The first-order chi connectivity index (χ1) is 14.5. The number of methoxy groups -OCH3 is 1. The van der Waals surface area contributed by atoms with Gasteiger partial charge in [-0.05, 0) is 44.4 Å². The minimum Gasteiger partial charge on any atom is -0.497 e. The van der Waals surface area contributed by atoms with Crippen LogP contribution in [0.25, 0.3) is 21.3 Å². The molecular formula is C21H22N4O4S. The zero-order chi connectivity index (χ0) is 21.3. The maximum Gasteiger partial charge on any atom is 0.420 e. The standard InChI is InChI=1S/C21H22N4O4S/c1-23(2)10-11-24(20-22-15-9-8-14(28-3)12-18(15)30-20)19(26)13-25-16-6-4-5-7-17(16)29-21(25)27/h4-9,12H,10-11,13H2,1-3H3. The molecule has 8 nitrogen and oxygen atoms in total. The lowest BCUT2D eigenvalue weighted by Crippen LogP contribution is -2.39. The van der Waals surface area contributed by atoms with Crippen molar-refractivity contribution in [1.82, 2.24) is 14.5 Å². The van der Waals surface area contributed by atoms with Crippen molar-refractivity contribution in [2.45, 2.75) is 6.54 Å². The number of ether oxygens (including phenoxy) is 1. The number of thiazole rings is 1. The molecule has 2 aromatic carbocycles. The number of anilines is 1. The van der Waals surface area contributed by atoms with Crippen molar-refractivity contribution in [2.75, 3.05) is 39.2 Å². The second-order valence-electron chi connectivity index (χ2n) is 7.10. The Morgan fingerprint density at radius 2 is 2.00 bits per heavy atom. The van der Waals surface area contributed by atoms with Gasteiger partial charge < -0.3 is 14.1 Å². The lowest BCUT2D eigenvalue weighted by Gasteiger charge is -2.22. The van der Waals surface area contributed by atoms with E-state index in [1.165, 1.54) is 15.9 Å². The van der Waals surface area contributed by atoms with E-state index in [1.807, 2.05) is 43.3 Å². The number of fused-ring (bicyclic) bond motifs is 2. The Labute approximate surface area is 176 Å². The van der Waals surface area contributed by atoms with Crippen molar-refractivity contribution >= 4 is 43.7 Å². The summed E-state index contributed by atoms with van der Waals surface area (Å²) in [6.07, 6.45) is 0. The molecule has 1 amide bonds. The van der Waals surface area contributed by atoms with Crippen LogP contribution >= 0.6 is 11.3 Å². The molecular weight excluding hydrogens is 404 g/mol. The smallest absolute Gasteiger partial charge is 0.420 e. The molecule has 0 saturated heterocycles. The summed E-state index contributed by atoms with van der Waals surface area (Å²) >= 11 is 1.42. The normalized spacial score (nSPS) is 11.5. The molecule has 2 heterocycles. The first-order valence-electron chi connectivity index (χ1n) is 9.44. The highest BCUT2D eigenvalue weighted by Gasteiger charge is 2.22. The number of oxazole rings is 1. The number of benzene rings is 2. The van der Waals surface area contributed by atoms with Crippen molar-refractivity contribution in [2.24, 2.45) is 0 Å². The van der Waals surface area contributed by atoms with Crippen molar-refractivity contribution in [3.8, 4) is 5.75 Å². The van der Waals surface area contributed by atoms with E-state index in [0.717, 1.165) is 16.0 Å². The Balaban J connectivity index is 1.68. The van der Waals surface area contributed by atoms with Crippen molar-refractivity contribution in [3.05, 3.63) is 53.0 Å². The van der Waals surface area contributed by atoms with Gasteiger partial charge in [0.05, 0.1) is 22.8 Å². The average Bonchev–Trinajstić information content (AvgIpc) is 3.28. The van der Waals surface area contributed by atoms with Gasteiger partial charge in [0.25, 0.3) is 0 Å². The summed E-state index contributed by atoms with van der Waals surface area (Å²) in [7, 11) is 5.50. The average molecular weight is 426 g/mol. The minimum atomic E-state index is -0.550. The van der Waals surface area contributed by atoms with Crippen molar-refractivity contribution in [1.29, 1.82) is 0 Å². The van der Waals surface area contributed by atoms with Gasteiger partial charge in [-0.3, -0.25) is 14.3 Å². The monoisotopic (exact) mass is 426 g/mol. The van der Waals surface area contributed by atoms with Gasteiger partial charge in [0.15, 0.2) is 10.7 Å². The van der Waals surface area contributed by atoms with E-state index >= 15 is 0 Å². The molecule has 4 rings (SSSR count). The summed E-state index contributed by atoms with van der Waals surface area (Å²) in [4.78, 5) is 33.8. The number of rotatable bonds is 7. The van der Waals surface area contributed by atoms with Crippen LogP contribution in [0.1, 0.15) is 0 Å². The minimum absolute atomic E-state index is 0.122. The first kappa shape index (κ1) is 20.1. The number of carbonyl (C=O) groups is 1. The van der Waals surface area contributed by atoms with E-state index in [2.05, 4.69) is 4.98 Å². The molecule has 0 aliphatic carbocycles. The van der Waals surface area contributed by atoms with Crippen LogP contribution in [0.5, 0.6) is 5.75 Å². The molecule has 0 saturated carbocycles. The SMILES string of the molecule is COc1ccc2nc(N(CCN(C)C)C(=O)Cn3c(=O)oc4ccccc43)sc2c1. The highest BCUT2D eigenvalue weighted by Crippen LogP contribution is 2.31. The van der Waals surface area contributed by atoms with E-state index in [-0.39, 0.29) is 12.5 Å². The zero-order valence-corrected chi connectivity index (χ0v) is 17.8. The van der Waals surface area contributed by atoms with Crippen LogP contribution in [0.2, 0.25) is 0 Å². The molecule has 4 aromatic rings. The molecule has 0 aliphatic rings. The number of amides is 1. The number of carbonyl (C=O) groups excluding carboxylic acids is 1. The number of likely N-dealkylation sites (N-methyl/N-ethyl adjacent to an activating group) is 1. The second kappa shape index (κ2) is 8.29. The largest absolute Gasteiger partial charge is 0.497 e. The Bertz CT molecular complexity index is 1260. The number of hydrogen-bond donors (Lipinski definition) is 0. The van der Waals surface area contributed by atoms with E-state index in [9.17, 15) is 9.59 Å². The van der Waals surface area contributed by atoms with Crippen LogP contribution in [-0.4, -0.2) is 54.7 Å². The quantitative estimate of drug-likeness (QED) is 0.452. The molecule has 0 atom stereocenters. The van der Waals surface area contributed by atoms with Gasteiger partial charge >= 0.3 is 5.76 Å². The molecule has 2 aromatic heterocycles. The summed E-state index contributed by atoms with van der Waals surface area (Å²) in [5.41, 5.74) is 1.85. The molecule has 0 N–H and O–H groups in total. The summed E-state index contributed by atoms with van der Waals surface area (Å²) < 4.78 is 12.8. The van der Waals surface area contributed by atoms with Gasteiger partial charge in [-0.25, -0.2) is 9.78 Å². The number of para-hydroxylation sites is 2. The molecule has 0 radical (unpaired) electrons. The van der Waals surface area contributed by atoms with Crippen LogP contribution < -0.4 is 15.4 Å². The molecule has 0 aliphatic heterocycles. The van der Waals surface area contributed by atoms with E-state index in [1.54, 1.807) is 30.2 Å². The van der Waals surface area contributed by atoms with Crippen LogP contribution in [0, 0.1) is 0 Å². The van der Waals surface area contributed by atoms with Gasteiger partial charge in [-0.1, -0.05) is 23.5 Å². The fourth-order valence-electron chi connectivity index (χ4n) is 3.15. The summed E-state index contributed by atoms with van der Waals surface area (Å²) in [6.45, 7) is 0.988. The maximum absolute atomic E-state index is 13.3. The highest BCUT2D eigenvalue weighted by atomic mass is 32.1. The van der Waals surface area contributed by atoms with Crippen molar-refractivity contribution < 1.29 is 13.9 Å². The highest BCUT2D eigenvalue weighted by molar-refractivity contribution is 7.22. The molecule has 0 bridgehead atoms. The van der Waals surface area contributed by atoms with Gasteiger partial charge in [0, 0.05) is 13.1 Å². The number of aromatic nitrogens is 2. The van der Waals surface area contributed by atoms with Gasteiger partial charge in [-0.2, -0.15) is 0 Å². The van der Waals surface area contributed by atoms with E-state index in [4.69, 9.17) is 9.15 Å². The summed E-state index contributed by atoms with van der Waals surface area (Å²) in [5.74, 6) is -0.0389. The van der Waals surface area contributed by atoms with Crippen LogP contribution in [0.4, 0.5) is 5.13 Å². The Hall–Kier alpha value is -3.17. The predicted molar refractivity (Wildman–Crippen MR) is 118 cm³/mol. The fourth-order valence-corrected chi connectivity index (χ4v) is 4.18. The Morgan fingerprint density at radius 3 is 2.77 bits per heavy atom. The molecule has 30 heavy (non-hydrogen) atoms. The van der Waals surface area contributed by atoms with E-state index in [0.29, 0.717) is 29.3 Å². The van der Waals surface area contributed by atoms with Gasteiger partial charge in [0.2, 0.25) is 5.91 Å². The molecule has 0 fully saturated rings. The number of nitrogens with zero attached hydrogens (tertiary/aromatic N) is 4. The molecule has 156 valence electrons. The lowest BCUT2D eigenvalue weighted by molar-refractivity contribution is -0.119. The predicted octanol–water partition coefficient (Wildman–Crippen LogP) is 2.81. The lowest BCUT2D eigenvalue weighted by atomic mass is 10.3. The number of hydrogen-bond acceptors (Lipinski definition) is 7. The topological polar surface area (TPSA) is 80.8 Å². The van der Waals surface area contributed by atoms with Gasteiger partial charge in [0.1, 0.15) is 12.3 Å². The maximum atomic E-state index is 13.3. The zero-order valence-electron chi connectivity index (χ0n) is 17.0. The fraction of sp³-hybridized carbons (Fsp3) is 0.286. The summed E-state index contributed by atoms with van der Waals surface area (Å²) in [5, 5.41) is 0.589. The second-order valence-corrected chi connectivity index (χ2v) is 8.11. The Kier molecular flexibility index (Phi) is 5.56. The third-order valence-electron chi connectivity index (χ3n) is 4.75. The van der Waals surface area contributed by atoms with Gasteiger partial charge in [-0.15, -0.1) is 0 Å². The first-order valence-corrected chi connectivity index (χ1v) is 10.3. The molecule has 9 heteroatoms. The summed E-state index contributed by atoms with van der Waals surface area (Å²) in [6, 6.07) is 12.7. The van der Waals surface area contributed by atoms with Crippen LogP contribution in [-0.2, 0) is 11.3 Å². The van der Waals surface area contributed by atoms with E-state index < -0.39 is 5.76 Å². The molecule has 0 spiro atoms. The van der Waals surface area contributed by atoms with Crippen LogP contribution in [0.15, 0.2) is 51.7 Å². The van der Waals surface area contributed by atoms with Crippen molar-refractivity contribution in [3.63, 3.8) is 0 Å². The van der Waals surface area contributed by atoms with Crippen LogP contribution in [0.3, 0.4) is 0 Å².